The number of rotatable bonds is 5. The Bertz CT molecular complexity index is 644. The third kappa shape index (κ3) is 3.38. The first-order chi connectivity index (χ1) is 9.51. The van der Waals surface area contributed by atoms with Crippen LogP contribution in [-0.4, -0.2) is 23.1 Å². The molecule has 0 atom stereocenters. The van der Waals surface area contributed by atoms with E-state index in [2.05, 4.69) is 40.9 Å². The number of aryl methyl sites for hydroxylation is 1. The Balaban J connectivity index is 2.48. The van der Waals surface area contributed by atoms with Gasteiger partial charge in [-0.1, -0.05) is 13.8 Å². The molecule has 0 aromatic carbocycles. The van der Waals surface area contributed by atoms with Crippen molar-refractivity contribution >= 4 is 39.0 Å². The Morgan fingerprint density at radius 1 is 1.45 bits per heavy atom. The van der Waals surface area contributed by atoms with E-state index in [1.54, 1.807) is 11.3 Å². The topological polar surface area (TPSA) is 52.8 Å². The monoisotopic (exact) mass is 308 g/mol. The molecule has 0 aliphatic heterocycles. The van der Waals surface area contributed by atoms with E-state index >= 15 is 0 Å². The number of nitrogens with zero attached hydrogens (tertiary/aromatic N) is 4. The van der Waals surface area contributed by atoms with Crippen molar-refractivity contribution in [2.45, 2.75) is 27.2 Å². The van der Waals surface area contributed by atoms with E-state index < -0.39 is 0 Å². The quantitative estimate of drug-likeness (QED) is 0.783. The fourth-order valence-electron chi connectivity index (χ4n) is 2.15. The number of hydrogen-bond donors (Lipinski definition) is 0. The van der Waals surface area contributed by atoms with Gasteiger partial charge in [-0.25, -0.2) is 4.98 Å². The van der Waals surface area contributed by atoms with Gasteiger partial charge in [0.25, 0.3) is 0 Å². The maximum atomic E-state index is 8.83. The van der Waals surface area contributed by atoms with Gasteiger partial charge in [0.2, 0.25) is 5.28 Å². The summed E-state index contributed by atoms with van der Waals surface area (Å²) in [6.07, 6.45) is 0.471. The lowest BCUT2D eigenvalue weighted by molar-refractivity contribution is 0.609. The molecule has 2 aromatic rings. The molecular formula is C14H17ClN4S. The molecule has 0 radical (unpaired) electrons. The lowest BCUT2D eigenvalue weighted by atomic mass is 10.2. The van der Waals surface area contributed by atoms with Crippen LogP contribution in [0.25, 0.3) is 10.2 Å². The van der Waals surface area contributed by atoms with Gasteiger partial charge in [0.05, 0.1) is 17.9 Å². The Kier molecular flexibility index (Phi) is 4.79. The van der Waals surface area contributed by atoms with Crippen molar-refractivity contribution in [2.75, 3.05) is 18.0 Å². The summed E-state index contributed by atoms with van der Waals surface area (Å²) in [5, 5.41) is 10.1. The van der Waals surface area contributed by atoms with Crippen LogP contribution in [0.2, 0.25) is 5.28 Å². The molecule has 0 amide bonds. The zero-order valence-corrected chi connectivity index (χ0v) is 13.4. The molecule has 0 spiro atoms. The van der Waals surface area contributed by atoms with Gasteiger partial charge in [-0.3, -0.25) is 0 Å². The first-order valence-electron chi connectivity index (χ1n) is 6.57. The Hall–Kier alpha value is -1.38. The molecule has 2 heterocycles. The van der Waals surface area contributed by atoms with Gasteiger partial charge >= 0.3 is 0 Å². The van der Waals surface area contributed by atoms with Crippen LogP contribution in [0, 0.1) is 24.2 Å². The molecule has 0 saturated heterocycles. The first-order valence-corrected chi connectivity index (χ1v) is 7.76. The van der Waals surface area contributed by atoms with Crippen LogP contribution in [-0.2, 0) is 0 Å². The first kappa shape index (κ1) is 15.0. The molecule has 0 aliphatic carbocycles. The van der Waals surface area contributed by atoms with Crippen LogP contribution in [0.3, 0.4) is 0 Å². The molecule has 2 aromatic heterocycles. The van der Waals surface area contributed by atoms with Gasteiger partial charge < -0.3 is 4.90 Å². The van der Waals surface area contributed by atoms with Crippen molar-refractivity contribution in [3.63, 3.8) is 0 Å². The average molecular weight is 309 g/mol. The molecule has 4 nitrogen and oxygen atoms in total. The summed E-state index contributed by atoms with van der Waals surface area (Å²) in [7, 11) is 0. The minimum atomic E-state index is 0.264. The summed E-state index contributed by atoms with van der Waals surface area (Å²) < 4.78 is 0. The zero-order chi connectivity index (χ0) is 14.7. The second-order valence-corrected chi connectivity index (χ2v) is 6.71. The van der Waals surface area contributed by atoms with Crippen LogP contribution in [0.4, 0.5) is 5.82 Å². The number of anilines is 1. The summed E-state index contributed by atoms with van der Waals surface area (Å²) in [5.41, 5.74) is 0. The molecule has 0 bridgehead atoms. The third-order valence-electron chi connectivity index (χ3n) is 2.85. The molecular weight excluding hydrogens is 292 g/mol. The van der Waals surface area contributed by atoms with Crippen molar-refractivity contribution < 1.29 is 0 Å². The van der Waals surface area contributed by atoms with Crippen molar-refractivity contribution in [2.24, 2.45) is 5.92 Å². The van der Waals surface area contributed by atoms with Crippen LogP contribution < -0.4 is 4.90 Å². The second-order valence-electron chi connectivity index (χ2n) is 5.14. The number of hydrogen-bond acceptors (Lipinski definition) is 5. The number of thiophene rings is 1. The smallest absolute Gasteiger partial charge is 0.225 e. The highest BCUT2D eigenvalue weighted by Gasteiger charge is 2.16. The number of fused-ring (bicyclic) bond motifs is 1. The van der Waals surface area contributed by atoms with E-state index in [0.29, 0.717) is 18.9 Å². The summed E-state index contributed by atoms with van der Waals surface area (Å²) in [4.78, 5) is 12.9. The Labute approximate surface area is 128 Å². The average Bonchev–Trinajstić information content (AvgIpc) is 2.73. The molecule has 6 heteroatoms. The van der Waals surface area contributed by atoms with Gasteiger partial charge in [-0.2, -0.15) is 10.2 Å². The summed E-state index contributed by atoms with van der Waals surface area (Å²) in [6, 6.07) is 4.28. The predicted molar refractivity (Wildman–Crippen MR) is 84.4 cm³/mol. The van der Waals surface area contributed by atoms with E-state index in [-0.39, 0.29) is 5.28 Å². The van der Waals surface area contributed by atoms with Crippen LogP contribution in [0.5, 0.6) is 0 Å². The molecule has 0 N–H and O–H groups in total. The Morgan fingerprint density at radius 2 is 2.20 bits per heavy atom. The van der Waals surface area contributed by atoms with E-state index in [1.165, 1.54) is 4.88 Å². The molecule has 0 saturated carbocycles. The van der Waals surface area contributed by atoms with Gasteiger partial charge in [-0.05, 0) is 30.5 Å². The molecule has 2 rings (SSSR count). The molecule has 0 unspecified atom stereocenters. The van der Waals surface area contributed by atoms with E-state index in [4.69, 9.17) is 16.9 Å². The fourth-order valence-corrected chi connectivity index (χ4v) is 3.24. The summed E-state index contributed by atoms with van der Waals surface area (Å²) in [6.45, 7) is 7.85. The third-order valence-corrected chi connectivity index (χ3v) is 3.96. The number of nitriles is 1. The van der Waals surface area contributed by atoms with Crippen LogP contribution >= 0.6 is 22.9 Å². The van der Waals surface area contributed by atoms with E-state index in [1.807, 2.05) is 6.92 Å². The lowest BCUT2D eigenvalue weighted by Crippen LogP contribution is -2.29. The minimum Gasteiger partial charge on any atom is -0.355 e. The number of aromatic nitrogens is 2. The highest BCUT2D eigenvalue weighted by atomic mass is 35.5. The SMILES string of the molecule is Cc1cc2c(N(CCC#N)CC(C)C)nc(Cl)nc2s1. The normalized spacial score (nSPS) is 11.0. The molecule has 0 fully saturated rings. The highest BCUT2D eigenvalue weighted by molar-refractivity contribution is 7.18. The fraction of sp³-hybridized carbons (Fsp3) is 0.500. The van der Waals surface area contributed by atoms with Gasteiger partial charge in [0.1, 0.15) is 10.6 Å². The van der Waals surface area contributed by atoms with Gasteiger partial charge in [0, 0.05) is 18.0 Å². The van der Waals surface area contributed by atoms with E-state index in [0.717, 1.165) is 22.6 Å². The summed E-state index contributed by atoms with van der Waals surface area (Å²) >= 11 is 7.65. The Morgan fingerprint density at radius 3 is 2.85 bits per heavy atom. The molecule has 20 heavy (non-hydrogen) atoms. The van der Waals surface area contributed by atoms with Crippen molar-refractivity contribution in [1.82, 2.24) is 9.97 Å². The predicted octanol–water partition coefficient (Wildman–Crippen LogP) is 4.03. The van der Waals surface area contributed by atoms with Crippen molar-refractivity contribution in [3.8, 4) is 6.07 Å². The maximum absolute atomic E-state index is 8.83. The molecule has 106 valence electrons. The van der Waals surface area contributed by atoms with Crippen LogP contribution in [0.1, 0.15) is 25.1 Å². The highest BCUT2D eigenvalue weighted by Crippen LogP contribution is 2.32. The second kappa shape index (κ2) is 6.38. The van der Waals surface area contributed by atoms with Gasteiger partial charge in [-0.15, -0.1) is 11.3 Å². The number of halogens is 1. The maximum Gasteiger partial charge on any atom is 0.225 e. The zero-order valence-electron chi connectivity index (χ0n) is 11.9. The molecule has 0 aliphatic rings. The van der Waals surface area contributed by atoms with Crippen LogP contribution in [0.15, 0.2) is 6.07 Å². The standard InChI is InChI=1S/C14H17ClN4S/c1-9(2)8-19(6-4-5-16)12-11-7-10(3)20-13(11)18-14(15)17-12/h7,9H,4,6,8H2,1-3H3. The lowest BCUT2D eigenvalue weighted by Gasteiger charge is -2.25. The van der Waals surface area contributed by atoms with E-state index in [9.17, 15) is 0 Å². The minimum absolute atomic E-state index is 0.264. The summed E-state index contributed by atoms with van der Waals surface area (Å²) in [5.74, 6) is 1.32. The largest absolute Gasteiger partial charge is 0.355 e. The van der Waals surface area contributed by atoms with Crippen molar-refractivity contribution in [3.05, 3.63) is 16.2 Å². The van der Waals surface area contributed by atoms with Gasteiger partial charge in [0.15, 0.2) is 0 Å². The van der Waals surface area contributed by atoms with Crippen molar-refractivity contribution in [1.29, 1.82) is 5.26 Å².